The monoisotopic (exact) mass is 260 g/mol. The Morgan fingerprint density at radius 2 is 2.05 bits per heavy atom. The first kappa shape index (κ1) is 12.1. The normalized spacial score (nSPS) is 19.8. The third-order valence-electron chi connectivity index (χ3n) is 3.29. The number of aliphatic hydroxyl groups excluding tert-OH is 1. The summed E-state index contributed by atoms with van der Waals surface area (Å²) in [6, 6.07) is 7.48. The molecular formula is C13H16N4O2. The number of aliphatic hydroxyl groups is 1. The summed E-state index contributed by atoms with van der Waals surface area (Å²) in [6.07, 6.45) is 0. The maximum Gasteiger partial charge on any atom is 0.172 e. The van der Waals surface area contributed by atoms with Crippen LogP contribution in [0.5, 0.6) is 0 Å². The van der Waals surface area contributed by atoms with Crippen LogP contribution in [-0.4, -0.2) is 47.5 Å². The van der Waals surface area contributed by atoms with Gasteiger partial charge in [0.25, 0.3) is 0 Å². The fourth-order valence-electron chi connectivity index (χ4n) is 2.30. The standard InChI is InChI=1S/C13H16N4O2/c14-12-13(17-5-6-19-8-9(17)7-18)16-11-4-2-1-3-10(11)15-12/h1-4,9,18H,5-8H2,(H2,14,15). The lowest BCUT2D eigenvalue weighted by Crippen LogP contribution is -2.48. The van der Waals surface area contributed by atoms with Gasteiger partial charge < -0.3 is 20.5 Å². The van der Waals surface area contributed by atoms with Crippen LogP contribution < -0.4 is 10.6 Å². The Morgan fingerprint density at radius 3 is 2.79 bits per heavy atom. The van der Waals surface area contributed by atoms with E-state index in [-0.39, 0.29) is 12.6 Å². The Balaban J connectivity index is 2.05. The van der Waals surface area contributed by atoms with E-state index in [1.54, 1.807) is 0 Å². The number of hydrogen-bond acceptors (Lipinski definition) is 6. The third-order valence-corrected chi connectivity index (χ3v) is 3.29. The molecule has 1 atom stereocenters. The highest BCUT2D eigenvalue weighted by Gasteiger charge is 2.25. The summed E-state index contributed by atoms with van der Waals surface area (Å²) < 4.78 is 5.36. The van der Waals surface area contributed by atoms with E-state index in [0.717, 1.165) is 11.0 Å². The summed E-state index contributed by atoms with van der Waals surface area (Å²) >= 11 is 0. The van der Waals surface area contributed by atoms with Crippen LogP contribution in [0.2, 0.25) is 0 Å². The highest BCUT2D eigenvalue weighted by Crippen LogP contribution is 2.25. The van der Waals surface area contributed by atoms with Gasteiger partial charge in [-0.05, 0) is 12.1 Å². The Bertz CT molecular complexity index is 590. The molecule has 2 heterocycles. The average molecular weight is 260 g/mol. The van der Waals surface area contributed by atoms with Crippen molar-refractivity contribution in [1.29, 1.82) is 0 Å². The van der Waals surface area contributed by atoms with Gasteiger partial charge in [0.15, 0.2) is 11.6 Å². The van der Waals surface area contributed by atoms with Gasteiger partial charge in [0.2, 0.25) is 0 Å². The first-order chi connectivity index (χ1) is 9.29. The number of benzene rings is 1. The van der Waals surface area contributed by atoms with E-state index in [0.29, 0.717) is 31.4 Å². The zero-order valence-electron chi connectivity index (χ0n) is 10.5. The van der Waals surface area contributed by atoms with Crippen molar-refractivity contribution < 1.29 is 9.84 Å². The number of nitrogen functional groups attached to an aromatic ring is 1. The van der Waals surface area contributed by atoms with Crippen molar-refractivity contribution in [2.75, 3.05) is 37.0 Å². The summed E-state index contributed by atoms with van der Waals surface area (Å²) in [5, 5.41) is 9.42. The van der Waals surface area contributed by atoms with Crippen molar-refractivity contribution in [2.24, 2.45) is 0 Å². The van der Waals surface area contributed by atoms with Crippen LogP contribution in [0.4, 0.5) is 11.6 Å². The first-order valence-electron chi connectivity index (χ1n) is 6.27. The predicted molar refractivity (Wildman–Crippen MR) is 73.0 cm³/mol. The smallest absolute Gasteiger partial charge is 0.172 e. The lowest BCUT2D eigenvalue weighted by atomic mass is 10.2. The molecule has 6 nitrogen and oxygen atoms in total. The number of hydrogen-bond donors (Lipinski definition) is 2. The Kier molecular flexibility index (Phi) is 3.18. The molecule has 1 fully saturated rings. The van der Waals surface area contributed by atoms with Gasteiger partial charge in [-0.3, -0.25) is 0 Å². The van der Waals surface area contributed by atoms with Crippen LogP contribution in [-0.2, 0) is 4.74 Å². The zero-order valence-corrected chi connectivity index (χ0v) is 10.5. The van der Waals surface area contributed by atoms with Gasteiger partial charge in [0, 0.05) is 6.54 Å². The molecule has 1 unspecified atom stereocenters. The molecule has 3 N–H and O–H groups in total. The van der Waals surface area contributed by atoms with Crippen molar-refractivity contribution in [2.45, 2.75) is 6.04 Å². The van der Waals surface area contributed by atoms with Gasteiger partial charge >= 0.3 is 0 Å². The van der Waals surface area contributed by atoms with Crippen LogP contribution in [0.1, 0.15) is 0 Å². The molecule has 0 amide bonds. The molecule has 6 heteroatoms. The van der Waals surface area contributed by atoms with E-state index < -0.39 is 0 Å². The molecular weight excluding hydrogens is 244 g/mol. The number of anilines is 2. The van der Waals surface area contributed by atoms with Crippen LogP contribution in [0.15, 0.2) is 24.3 Å². The van der Waals surface area contributed by atoms with Crippen molar-refractivity contribution in [1.82, 2.24) is 9.97 Å². The van der Waals surface area contributed by atoms with Gasteiger partial charge in [0.05, 0.1) is 36.9 Å². The van der Waals surface area contributed by atoms with E-state index in [2.05, 4.69) is 9.97 Å². The molecule has 1 aliphatic heterocycles. The maximum atomic E-state index is 9.42. The molecule has 1 aliphatic rings. The lowest BCUT2D eigenvalue weighted by molar-refractivity contribution is 0.0724. The topological polar surface area (TPSA) is 84.5 Å². The predicted octanol–water partition coefficient (Wildman–Crippen LogP) is 0.409. The fourth-order valence-corrected chi connectivity index (χ4v) is 2.30. The number of rotatable bonds is 2. The largest absolute Gasteiger partial charge is 0.394 e. The summed E-state index contributed by atoms with van der Waals surface area (Å²) in [5.41, 5.74) is 7.57. The van der Waals surface area contributed by atoms with Gasteiger partial charge in [-0.15, -0.1) is 0 Å². The van der Waals surface area contributed by atoms with Crippen molar-refractivity contribution in [3.8, 4) is 0 Å². The molecule has 19 heavy (non-hydrogen) atoms. The molecule has 0 bridgehead atoms. The number of nitrogens with two attached hydrogens (primary N) is 1. The Labute approximate surface area is 110 Å². The molecule has 0 aliphatic carbocycles. The number of nitrogens with zero attached hydrogens (tertiary/aromatic N) is 3. The van der Waals surface area contributed by atoms with Crippen LogP contribution in [0, 0.1) is 0 Å². The van der Waals surface area contributed by atoms with Crippen molar-refractivity contribution in [3.05, 3.63) is 24.3 Å². The van der Waals surface area contributed by atoms with Crippen LogP contribution in [0.3, 0.4) is 0 Å². The van der Waals surface area contributed by atoms with E-state index in [1.807, 2.05) is 29.2 Å². The van der Waals surface area contributed by atoms with Gasteiger partial charge in [0.1, 0.15) is 0 Å². The summed E-state index contributed by atoms with van der Waals surface area (Å²) in [5.74, 6) is 1.01. The number of aromatic nitrogens is 2. The van der Waals surface area contributed by atoms with Crippen molar-refractivity contribution in [3.63, 3.8) is 0 Å². The second-order valence-corrected chi connectivity index (χ2v) is 4.53. The molecule has 0 radical (unpaired) electrons. The second kappa shape index (κ2) is 4.99. The van der Waals surface area contributed by atoms with E-state index in [1.165, 1.54) is 0 Å². The summed E-state index contributed by atoms with van der Waals surface area (Å²) in [6.45, 7) is 1.74. The zero-order chi connectivity index (χ0) is 13.2. The number of ether oxygens (including phenoxy) is 1. The quantitative estimate of drug-likeness (QED) is 0.813. The number of para-hydroxylation sites is 2. The molecule has 100 valence electrons. The lowest BCUT2D eigenvalue weighted by Gasteiger charge is -2.35. The molecule has 3 rings (SSSR count). The molecule has 1 aromatic carbocycles. The average Bonchev–Trinajstić information content (AvgIpc) is 2.46. The van der Waals surface area contributed by atoms with E-state index in [4.69, 9.17) is 10.5 Å². The molecule has 0 saturated carbocycles. The fraction of sp³-hybridized carbons (Fsp3) is 0.385. The van der Waals surface area contributed by atoms with Crippen molar-refractivity contribution >= 4 is 22.7 Å². The number of fused-ring (bicyclic) bond motifs is 1. The highest BCUT2D eigenvalue weighted by atomic mass is 16.5. The highest BCUT2D eigenvalue weighted by molar-refractivity contribution is 5.79. The molecule has 1 aromatic heterocycles. The van der Waals surface area contributed by atoms with Gasteiger partial charge in [-0.25, -0.2) is 9.97 Å². The minimum atomic E-state index is -0.119. The molecule has 2 aromatic rings. The van der Waals surface area contributed by atoms with Gasteiger partial charge in [-0.2, -0.15) is 0 Å². The molecule has 0 spiro atoms. The third kappa shape index (κ3) is 2.20. The maximum absolute atomic E-state index is 9.42. The van der Waals surface area contributed by atoms with E-state index in [9.17, 15) is 5.11 Å². The Hall–Kier alpha value is -1.92. The number of morpholine rings is 1. The van der Waals surface area contributed by atoms with Gasteiger partial charge in [-0.1, -0.05) is 12.1 Å². The minimum Gasteiger partial charge on any atom is -0.394 e. The molecule has 1 saturated heterocycles. The van der Waals surface area contributed by atoms with E-state index >= 15 is 0 Å². The van der Waals surface area contributed by atoms with Crippen LogP contribution >= 0.6 is 0 Å². The Morgan fingerprint density at radius 1 is 1.32 bits per heavy atom. The summed E-state index contributed by atoms with van der Waals surface area (Å²) in [4.78, 5) is 10.9. The van der Waals surface area contributed by atoms with Crippen LogP contribution in [0.25, 0.3) is 11.0 Å². The second-order valence-electron chi connectivity index (χ2n) is 4.53. The first-order valence-corrected chi connectivity index (χ1v) is 6.27. The SMILES string of the molecule is Nc1nc2ccccc2nc1N1CCOCC1CO. The minimum absolute atomic E-state index is 0.00788. The summed E-state index contributed by atoms with van der Waals surface area (Å²) in [7, 11) is 0.